The Kier molecular flexibility index (Phi) is 5.83. The van der Waals surface area contributed by atoms with Crippen LogP contribution in [0.2, 0.25) is 0 Å². The number of rotatable bonds is 7. The molecular weight excluding hydrogens is 316 g/mol. The molecule has 1 aromatic heterocycles. The molecule has 1 aliphatic heterocycles. The monoisotopic (exact) mass is 342 g/mol. The van der Waals surface area contributed by atoms with E-state index in [-0.39, 0.29) is 5.91 Å². The largest absolute Gasteiger partial charge is 0.376 e. The summed E-state index contributed by atoms with van der Waals surface area (Å²) in [7, 11) is 1.89. The molecule has 1 aromatic carbocycles. The van der Waals surface area contributed by atoms with Crippen LogP contribution in [-0.4, -0.2) is 46.8 Å². The number of ether oxygens (including phenoxy) is 1. The molecule has 25 heavy (non-hydrogen) atoms. The lowest BCUT2D eigenvalue weighted by Crippen LogP contribution is -2.35. The van der Waals surface area contributed by atoms with E-state index in [9.17, 15) is 4.79 Å². The van der Waals surface area contributed by atoms with Crippen LogP contribution < -0.4 is 5.32 Å². The molecule has 1 amide bonds. The Hall–Kier alpha value is -2.18. The number of nitrogens with one attached hydrogen (secondary N) is 1. The quantitative estimate of drug-likeness (QED) is 0.833. The Balaban J connectivity index is 1.54. The summed E-state index contributed by atoms with van der Waals surface area (Å²) >= 11 is 0. The molecule has 0 atom stereocenters. The van der Waals surface area contributed by atoms with E-state index in [0.717, 1.165) is 37.3 Å². The van der Waals surface area contributed by atoms with Crippen LogP contribution in [-0.2, 0) is 31.4 Å². The minimum absolute atomic E-state index is 0.113. The number of fused-ring (bicyclic) bond motifs is 1. The highest BCUT2D eigenvalue weighted by atomic mass is 16.5. The first-order valence-electron chi connectivity index (χ1n) is 8.86. The van der Waals surface area contributed by atoms with Gasteiger partial charge in [0.05, 0.1) is 13.2 Å². The fourth-order valence-electron chi connectivity index (χ4n) is 3.19. The second-order valence-electron chi connectivity index (χ2n) is 6.31. The van der Waals surface area contributed by atoms with Gasteiger partial charge in [-0.3, -0.25) is 14.4 Å². The number of likely N-dealkylation sites (N-methyl/N-ethyl adjacent to an activating group) is 1. The van der Waals surface area contributed by atoms with E-state index in [2.05, 4.69) is 46.5 Å². The standard InChI is InChI=1S/C19H26N4O2/c1-3-23(13-15-7-5-4-6-8-15)11-10-20-19(24)18-16-14-25-12-9-17(16)22(2)21-18/h4-8H,3,9-14H2,1-2H3,(H,20,24). The number of aryl methyl sites for hydroxylation is 1. The van der Waals surface area contributed by atoms with Gasteiger partial charge in [0.1, 0.15) is 0 Å². The van der Waals surface area contributed by atoms with E-state index >= 15 is 0 Å². The highest BCUT2D eigenvalue weighted by Gasteiger charge is 2.24. The van der Waals surface area contributed by atoms with Crippen molar-refractivity contribution in [2.45, 2.75) is 26.5 Å². The molecule has 3 rings (SSSR count). The van der Waals surface area contributed by atoms with Gasteiger partial charge in [-0.1, -0.05) is 37.3 Å². The Morgan fingerprint density at radius 2 is 2.16 bits per heavy atom. The van der Waals surface area contributed by atoms with Crippen molar-refractivity contribution in [1.82, 2.24) is 20.0 Å². The van der Waals surface area contributed by atoms with Gasteiger partial charge in [0.15, 0.2) is 5.69 Å². The van der Waals surface area contributed by atoms with Gasteiger partial charge in [0.25, 0.3) is 5.91 Å². The zero-order valence-corrected chi connectivity index (χ0v) is 15.0. The maximum Gasteiger partial charge on any atom is 0.272 e. The topological polar surface area (TPSA) is 59.4 Å². The number of aromatic nitrogens is 2. The number of carbonyl (C=O) groups is 1. The highest BCUT2D eigenvalue weighted by molar-refractivity contribution is 5.94. The lowest BCUT2D eigenvalue weighted by Gasteiger charge is -2.20. The first-order chi connectivity index (χ1) is 12.2. The molecule has 2 heterocycles. The van der Waals surface area contributed by atoms with Crippen LogP contribution in [0.1, 0.15) is 34.2 Å². The summed E-state index contributed by atoms with van der Waals surface area (Å²) in [5.74, 6) is -0.113. The van der Waals surface area contributed by atoms with Gasteiger partial charge in [0, 0.05) is 44.4 Å². The predicted octanol–water partition coefficient (Wildman–Crippen LogP) is 1.74. The third-order valence-corrected chi connectivity index (χ3v) is 4.63. The molecule has 1 N–H and O–H groups in total. The molecule has 6 heteroatoms. The van der Waals surface area contributed by atoms with Crippen molar-refractivity contribution in [3.8, 4) is 0 Å². The van der Waals surface area contributed by atoms with Crippen molar-refractivity contribution in [1.29, 1.82) is 0 Å². The van der Waals surface area contributed by atoms with Gasteiger partial charge in [-0.15, -0.1) is 0 Å². The van der Waals surface area contributed by atoms with Gasteiger partial charge >= 0.3 is 0 Å². The average Bonchev–Trinajstić information content (AvgIpc) is 2.99. The van der Waals surface area contributed by atoms with Crippen molar-refractivity contribution in [3.05, 3.63) is 52.8 Å². The predicted molar refractivity (Wildman–Crippen MR) is 96.3 cm³/mol. The van der Waals surface area contributed by atoms with Crippen LogP contribution >= 0.6 is 0 Å². The van der Waals surface area contributed by atoms with Gasteiger partial charge in [0.2, 0.25) is 0 Å². The Labute approximate surface area is 148 Å². The number of carbonyl (C=O) groups excluding carboxylic acids is 1. The molecule has 2 aromatic rings. The number of hydrogen-bond donors (Lipinski definition) is 1. The Morgan fingerprint density at radius 1 is 1.36 bits per heavy atom. The smallest absolute Gasteiger partial charge is 0.272 e. The SMILES string of the molecule is CCN(CCNC(=O)c1nn(C)c2c1COCC2)Cc1ccccc1. The Morgan fingerprint density at radius 3 is 2.92 bits per heavy atom. The highest BCUT2D eigenvalue weighted by Crippen LogP contribution is 2.19. The van der Waals surface area contributed by atoms with E-state index in [1.807, 2.05) is 13.1 Å². The third-order valence-electron chi connectivity index (χ3n) is 4.63. The normalized spacial score (nSPS) is 13.7. The molecule has 0 unspecified atom stereocenters. The third kappa shape index (κ3) is 4.27. The summed E-state index contributed by atoms with van der Waals surface area (Å²) < 4.78 is 7.29. The summed E-state index contributed by atoms with van der Waals surface area (Å²) in [6, 6.07) is 10.4. The summed E-state index contributed by atoms with van der Waals surface area (Å²) in [5.41, 5.74) is 3.83. The Bertz CT molecular complexity index is 712. The zero-order chi connectivity index (χ0) is 17.6. The van der Waals surface area contributed by atoms with Crippen molar-refractivity contribution < 1.29 is 9.53 Å². The molecule has 6 nitrogen and oxygen atoms in total. The molecule has 0 radical (unpaired) electrons. The van der Waals surface area contributed by atoms with Gasteiger partial charge < -0.3 is 10.1 Å². The number of benzene rings is 1. The van der Waals surface area contributed by atoms with Crippen LogP contribution in [0.15, 0.2) is 30.3 Å². The average molecular weight is 342 g/mol. The van der Waals surface area contributed by atoms with Crippen molar-refractivity contribution in [2.75, 3.05) is 26.2 Å². The fraction of sp³-hybridized carbons (Fsp3) is 0.474. The lowest BCUT2D eigenvalue weighted by molar-refractivity contribution is 0.0920. The van der Waals surface area contributed by atoms with E-state index < -0.39 is 0 Å². The van der Waals surface area contributed by atoms with Crippen molar-refractivity contribution >= 4 is 5.91 Å². The van der Waals surface area contributed by atoms with Gasteiger partial charge in [-0.05, 0) is 12.1 Å². The van der Waals surface area contributed by atoms with E-state index in [1.165, 1.54) is 5.56 Å². The fourth-order valence-corrected chi connectivity index (χ4v) is 3.19. The molecule has 0 fully saturated rings. The minimum atomic E-state index is -0.113. The second kappa shape index (κ2) is 8.27. The number of hydrogen-bond acceptors (Lipinski definition) is 4. The summed E-state index contributed by atoms with van der Waals surface area (Å²) in [6.45, 7) is 6.54. The molecule has 0 bridgehead atoms. The molecular formula is C19H26N4O2. The first-order valence-corrected chi connectivity index (χ1v) is 8.86. The van der Waals surface area contributed by atoms with Crippen molar-refractivity contribution in [3.63, 3.8) is 0 Å². The van der Waals surface area contributed by atoms with Crippen LogP contribution in [0, 0.1) is 0 Å². The molecule has 0 saturated heterocycles. The number of amides is 1. The first kappa shape index (κ1) is 17.6. The lowest BCUT2D eigenvalue weighted by atomic mass is 10.1. The summed E-state index contributed by atoms with van der Waals surface area (Å²) in [5, 5.41) is 7.39. The van der Waals surface area contributed by atoms with E-state index in [1.54, 1.807) is 4.68 Å². The maximum atomic E-state index is 12.5. The molecule has 1 aliphatic rings. The molecule has 0 aliphatic carbocycles. The summed E-state index contributed by atoms with van der Waals surface area (Å²) in [4.78, 5) is 14.8. The number of nitrogens with zero attached hydrogens (tertiary/aromatic N) is 3. The van der Waals surface area contributed by atoms with E-state index in [0.29, 0.717) is 25.5 Å². The molecule has 0 saturated carbocycles. The van der Waals surface area contributed by atoms with Crippen molar-refractivity contribution in [2.24, 2.45) is 7.05 Å². The van der Waals surface area contributed by atoms with Crippen LogP contribution in [0.5, 0.6) is 0 Å². The molecule has 0 spiro atoms. The molecule has 134 valence electrons. The zero-order valence-electron chi connectivity index (χ0n) is 15.0. The second-order valence-corrected chi connectivity index (χ2v) is 6.31. The maximum absolute atomic E-state index is 12.5. The van der Waals surface area contributed by atoms with Crippen LogP contribution in [0.3, 0.4) is 0 Å². The minimum Gasteiger partial charge on any atom is -0.376 e. The van der Waals surface area contributed by atoms with Crippen LogP contribution in [0.4, 0.5) is 0 Å². The van der Waals surface area contributed by atoms with Gasteiger partial charge in [-0.2, -0.15) is 5.10 Å². The van der Waals surface area contributed by atoms with Crippen LogP contribution in [0.25, 0.3) is 0 Å². The summed E-state index contributed by atoms with van der Waals surface area (Å²) in [6.07, 6.45) is 0.812. The van der Waals surface area contributed by atoms with E-state index in [4.69, 9.17) is 4.74 Å². The van der Waals surface area contributed by atoms with Gasteiger partial charge in [-0.25, -0.2) is 0 Å².